The Morgan fingerprint density at radius 3 is 2.43 bits per heavy atom. The molecule has 0 radical (unpaired) electrons. The summed E-state index contributed by atoms with van der Waals surface area (Å²) in [7, 11) is 0. The highest BCUT2D eigenvalue weighted by Crippen LogP contribution is 2.15. The van der Waals surface area contributed by atoms with Gasteiger partial charge < -0.3 is 15.7 Å². The SMILES string of the molecule is CCCC(CNC(=O)CN1C(=O)NC(C)(C)C1=O)C(=O)O. The van der Waals surface area contributed by atoms with Crippen molar-refractivity contribution >= 4 is 23.8 Å². The molecule has 1 saturated heterocycles. The fourth-order valence-corrected chi connectivity index (χ4v) is 2.06. The van der Waals surface area contributed by atoms with Crippen molar-refractivity contribution in [1.82, 2.24) is 15.5 Å². The molecule has 1 aliphatic heterocycles. The molecule has 0 saturated carbocycles. The molecule has 0 aliphatic carbocycles. The van der Waals surface area contributed by atoms with Crippen LogP contribution in [0.4, 0.5) is 4.79 Å². The number of aliphatic carboxylic acids is 1. The second-order valence-corrected chi connectivity index (χ2v) is 5.57. The van der Waals surface area contributed by atoms with E-state index in [9.17, 15) is 19.2 Å². The lowest BCUT2D eigenvalue weighted by Crippen LogP contribution is -2.44. The topological polar surface area (TPSA) is 116 Å². The van der Waals surface area contributed by atoms with Gasteiger partial charge in [-0.1, -0.05) is 13.3 Å². The molecule has 8 nitrogen and oxygen atoms in total. The zero-order chi connectivity index (χ0) is 16.2. The quantitative estimate of drug-likeness (QED) is 0.569. The first-order valence-corrected chi connectivity index (χ1v) is 6.82. The van der Waals surface area contributed by atoms with Crippen LogP contribution in [0.2, 0.25) is 0 Å². The van der Waals surface area contributed by atoms with E-state index in [2.05, 4.69) is 10.6 Å². The van der Waals surface area contributed by atoms with Crippen molar-refractivity contribution < 1.29 is 24.3 Å². The van der Waals surface area contributed by atoms with Crippen LogP contribution in [-0.4, -0.2) is 52.4 Å². The van der Waals surface area contributed by atoms with E-state index >= 15 is 0 Å². The summed E-state index contributed by atoms with van der Waals surface area (Å²) in [6.45, 7) is 4.52. The summed E-state index contributed by atoms with van der Waals surface area (Å²) in [6, 6.07) is -0.622. The molecule has 1 aliphatic rings. The van der Waals surface area contributed by atoms with Crippen molar-refractivity contribution in [3.05, 3.63) is 0 Å². The van der Waals surface area contributed by atoms with Crippen LogP contribution in [0.25, 0.3) is 0 Å². The highest BCUT2D eigenvalue weighted by molar-refractivity contribution is 6.08. The highest BCUT2D eigenvalue weighted by Gasteiger charge is 2.44. The number of nitrogens with zero attached hydrogens (tertiary/aromatic N) is 1. The lowest BCUT2D eigenvalue weighted by Gasteiger charge is -2.17. The van der Waals surface area contributed by atoms with E-state index < -0.39 is 41.8 Å². The third-order valence-electron chi connectivity index (χ3n) is 3.28. The van der Waals surface area contributed by atoms with Crippen molar-refractivity contribution in [2.45, 2.75) is 39.2 Å². The van der Waals surface area contributed by atoms with Crippen LogP contribution < -0.4 is 10.6 Å². The molecule has 4 amide bonds. The van der Waals surface area contributed by atoms with Crippen LogP contribution in [0.5, 0.6) is 0 Å². The molecule has 1 atom stereocenters. The van der Waals surface area contributed by atoms with E-state index in [1.165, 1.54) is 0 Å². The van der Waals surface area contributed by atoms with Crippen LogP contribution in [0.3, 0.4) is 0 Å². The zero-order valence-corrected chi connectivity index (χ0v) is 12.4. The summed E-state index contributed by atoms with van der Waals surface area (Å²) >= 11 is 0. The number of rotatable bonds is 7. The lowest BCUT2D eigenvalue weighted by molar-refractivity contribution is -0.142. The Balaban J connectivity index is 2.53. The van der Waals surface area contributed by atoms with Crippen LogP contribution in [-0.2, 0) is 14.4 Å². The van der Waals surface area contributed by atoms with Gasteiger partial charge in [-0.05, 0) is 20.3 Å². The maximum absolute atomic E-state index is 11.9. The normalized spacial score (nSPS) is 18.3. The second kappa shape index (κ2) is 6.55. The van der Waals surface area contributed by atoms with E-state index in [0.717, 1.165) is 4.90 Å². The minimum absolute atomic E-state index is 0.0188. The third-order valence-corrected chi connectivity index (χ3v) is 3.28. The van der Waals surface area contributed by atoms with Gasteiger partial charge >= 0.3 is 12.0 Å². The first kappa shape index (κ1) is 16.9. The number of carboxylic acid groups (broad SMARTS) is 1. The van der Waals surface area contributed by atoms with Gasteiger partial charge in [-0.15, -0.1) is 0 Å². The molecule has 21 heavy (non-hydrogen) atoms. The predicted octanol–water partition coefficient (Wildman–Crippen LogP) is -0.0661. The van der Waals surface area contributed by atoms with Gasteiger partial charge in [0.2, 0.25) is 5.91 Å². The number of amides is 4. The van der Waals surface area contributed by atoms with E-state index in [1.54, 1.807) is 13.8 Å². The summed E-state index contributed by atoms with van der Waals surface area (Å²) in [5.74, 6) is -2.68. The maximum atomic E-state index is 11.9. The summed E-state index contributed by atoms with van der Waals surface area (Å²) in [6.07, 6.45) is 1.14. The Labute approximate surface area is 122 Å². The molecule has 0 spiro atoms. The molecule has 0 bridgehead atoms. The fraction of sp³-hybridized carbons (Fsp3) is 0.692. The number of hydrogen-bond donors (Lipinski definition) is 3. The molecule has 1 unspecified atom stereocenters. The van der Waals surface area contributed by atoms with Gasteiger partial charge in [-0.2, -0.15) is 0 Å². The molecule has 1 fully saturated rings. The van der Waals surface area contributed by atoms with Gasteiger partial charge in [0.25, 0.3) is 5.91 Å². The van der Waals surface area contributed by atoms with E-state index in [0.29, 0.717) is 12.8 Å². The van der Waals surface area contributed by atoms with Crippen molar-refractivity contribution in [1.29, 1.82) is 0 Å². The Hall–Kier alpha value is -2.12. The smallest absolute Gasteiger partial charge is 0.325 e. The number of urea groups is 1. The van der Waals surface area contributed by atoms with Crippen molar-refractivity contribution in [3.63, 3.8) is 0 Å². The van der Waals surface area contributed by atoms with Crippen molar-refractivity contribution in [3.8, 4) is 0 Å². The van der Waals surface area contributed by atoms with Gasteiger partial charge in [0, 0.05) is 6.54 Å². The average molecular weight is 299 g/mol. The zero-order valence-electron chi connectivity index (χ0n) is 12.4. The van der Waals surface area contributed by atoms with Gasteiger partial charge in [0.05, 0.1) is 5.92 Å². The molecular weight excluding hydrogens is 278 g/mol. The lowest BCUT2D eigenvalue weighted by atomic mass is 10.0. The Kier molecular flexibility index (Phi) is 5.28. The van der Waals surface area contributed by atoms with Gasteiger partial charge in [0.1, 0.15) is 12.1 Å². The number of carboxylic acids is 1. The molecule has 0 aromatic rings. The Morgan fingerprint density at radius 2 is 2.00 bits per heavy atom. The Morgan fingerprint density at radius 1 is 1.38 bits per heavy atom. The number of nitrogens with one attached hydrogen (secondary N) is 2. The van der Waals surface area contributed by atoms with Gasteiger partial charge in [-0.25, -0.2) is 4.79 Å². The molecule has 118 valence electrons. The van der Waals surface area contributed by atoms with E-state index in [-0.39, 0.29) is 6.54 Å². The number of imide groups is 1. The maximum Gasteiger partial charge on any atom is 0.325 e. The predicted molar refractivity (Wildman–Crippen MR) is 73.4 cm³/mol. The van der Waals surface area contributed by atoms with Gasteiger partial charge in [-0.3, -0.25) is 19.3 Å². The minimum atomic E-state index is -1.02. The van der Waals surface area contributed by atoms with Crippen LogP contribution in [0, 0.1) is 5.92 Å². The Bertz CT molecular complexity index is 461. The monoisotopic (exact) mass is 299 g/mol. The molecule has 0 aromatic carbocycles. The minimum Gasteiger partial charge on any atom is -0.481 e. The first-order valence-electron chi connectivity index (χ1n) is 6.82. The largest absolute Gasteiger partial charge is 0.481 e. The molecular formula is C13H21N3O5. The summed E-state index contributed by atoms with van der Waals surface area (Å²) in [4.78, 5) is 47.0. The number of carbonyl (C=O) groups is 4. The molecule has 0 aromatic heterocycles. The van der Waals surface area contributed by atoms with Crippen molar-refractivity contribution in [2.75, 3.05) is 13.1 Å². The van der Waals surface area contributed by atoms with Gasteiger partial charge in [0.15, 0.2) is 0 Å². The van der Waals surface area contributed by atoms with E-state index in [4.69, 9.17) is 5.11 Å². The average Bonchev–Trinajstić information content (AvgIpc) is 2.56. The third kappa shape index (κ3) is 4.17. The molecule has 3 N–H and O–H groups in total. The van der Waals surface area contributed by atoms with E-state index in [1.807, 2.05) is 6.92 Å². The molecule has 8 heteroatoms. The summed E-state index contributed by atoms with van der Waals surface area (Å²) < 4.78 is 0. The highest BCUT2D eigenvalue weighted by atomic mass is 16.4. The molecule has 1 heterocycles. The fourth-order valence-electron chi connectivity index (χ4n) is 2.06. The van der Waals surface area contributed by atoms with Crippen LogP contribution >= 0.6 is 0 Å². The summed E-state index contributed by atoms with van der Waals surface area (Å²) in [5.41, 5.74) is -1.02. The standard InChI is InChI=1S/C13H21N3O5/c1-4-5-8(10(18)19)6-14-9(17)7-16-11(20)13(2,3)15-12(16)21/h8H,4-7H2,1-3H3,(H,14,17)(H,15,21)(H,18,19). The number of hydrogen-bond acceptors (Lipinski definition) is 4. The molecule has 1 rings (SSSR count). The first-order chi connectivity index (χ1) is 9.69. The van der Waals surface area contributed by atoms with Crippen molar-refractivity contribution in [2.24, 2.45) is 5.92 Å². The van der Waals surface area contributed by atoms with Crippen LogP contribution in [0.15, 0.2) is 0 Å². The second-order valence-electron chi connectivity index (χ2n) is 5.57. The summed E-state index contributed by atoms with van der Waals surface area (Å²) in [5, 5.41) is 13.9. The number of carbonyl (C=O) groups excluding carboxylic acids is 3. The van der Waals surface area contributed by atoms with Crippen LogP contribution in [0.1, 0.15) is 33.6 Å².